The number of pyridine rings is 1. The average molecular weight is 313 g/mol. The molecule has 1 aromatic carbocycles. The van der Waals surface area contributed by atoms with Crippen molar-refractivity contribution in [3.05, 3.63) is 47.3 Å². The number of fused-ring (bicyclic) bond motifs is 2. The van der Waals surface area contributed by atoms with Crippen LogP contribution in [0, 0.1) is 0 Å². The van der Waals surface area contributed by atoms with Gasteiger partial charge in [-0.25, -0.2) is 9.97 Å². The molecule has 4 nitrogen and oxygen atoms in total. The van der Waals surface area contributed by atoms with Crippen molar-refractivity contribution in [1.82, 2.24) is 19.9 Å². The van der Waals surface area contributed by atoms with Crippen molar-refractivity contribution in [3.63, 3.8) is 0 Å². The van der Waals surface area contributed by atoms with Crippen molar-refractivity contribution in [3.8, 4) is 11.4 Å². The fraction of sp³-hybridized carbons (Fsp3) is 0. The van der Waals surface area contributed by atoms with Crippen LogP contribution in [0.1, 0.15) is 0 Å². The van der Waals surface area contributed by atoms with E-state index in [0.29, 0.717) is 0 Å². The number of hydrogen-bond acceptors (Lipinski definition) is 2. The number of aromatic amines is 2. The largest absolute Gasteiger partial charge is 0.361 e. The molecule has 0 aliphatic rings. The van der Waals surface area contributed by atoms with Crippen LogP contribution in [0.3, 0.4) is 0 Å². The van der Waals surface area contributed by atoms with E-state index >= 15 is 0 Å². The van der Waals surface area contributed by atoms with E-state index < -0.39 is 0 Å². The minimum absolute atomic E-state index is 0.759. The van der Waals surface area contributed by atoms with Gasteiger partial charge in [0.05, 0.1) is 5.52 Å². The lowest BCUT2D eigenvalue weighted by molar-refractivity contribution is 1.29. The predicted octanol–water partition coefficient (Wildman–Crippen LogP) is 3.87. The van der Waals surface area contributed by atoms with Gasteiger partial charge in [-0.05, 0) is 46.3 Å². The van der Waals surface area contributed by atoms with E-state index in [9.17, 15) is 0 Å². The van der Waals surface area contributed by atoms with Crippen LogP contribution in [-0.2, 0) is 0 Å². The van der Waals surface area contributed by atoms with Gasteiger partial charge in [0, 0.05) is 28.9 Å². The minimum Gasteiger partial charge on any atom is -0.361 e. The third-order valence-corrected chi connectivity index (χ3v) is 3.76. The van der Waals surface area contributed by atoms with Gasteiger partial charge in [0.1, 0.15) is 15.9 Å². The Labute approximate surface area is 117 Å². The van der Waals surface area contributed by atoms with Crippen LogP contribution >= 0.6 is 15.9 Å². The van der Waals surface area contributed by atoms with Gasteiger partial charge in [-0.15, -0.1) is 0 Å². The zero-order valence-corrected chi connectivity index (χ0v) is 11.4. The predicted molar refractivity (Wildman–Crippen MR) is 78.9 cm³/mol. The number of nitrogens with one attached hydrogen (secondary N) is 2. The summed E-state index contributed by atoms with van der Waals surface area (Å²) < 4.78 is 0.759. The highest BCUT2D eigenvalue weighted by molar-refractivity contribution is 9.10. The number of aromatic nitrogens is 4. The number of imidazole rings is 1. The molecule has 2 N–H and O–H groups in total. The van der Waals surface area contributed by atoms with Crippen LogP contribution in [0.25, 0.3) is 33.3 Å². The second-order valence-corrected chi connectivity index (χ2v) is 5.11. The smallest absolute Gasteiger partial charge is 0.138 e. The highest BCUT2D eigenvalue weighted by atomic mass is 79.9. The maximum Gasteiger partial charge on any atom is 0.138 e. The normalized spacial score (nSPS) is 11.4. The molecule has 92 valence electrons. The van der Waals surface area contributed by atoms with E-state index in [0.717, 1.165) is 32.5 Å². The van der Waals surface area contributed by atoms with Crippen LogP contribution in [0.15, 0.2) is 47.3 Å². The van der Waals surface area contributed by atoms with Crippen molar-refractivity contribution < 1.29 is 0 Å². The summed E-state index contributed by atoms with van der Waals surface area (Å²) in [5.74, 6) is 0.854. The van der Waals surface area contributed by atoms with Crippen LogP contribution in [0.5, 0.6) is 0 Å². The Bertz CT molecular complexity index is 891. The molecule has 4 rings (SSSR count). The summed E-state index contributed by atoms with van der Waals surface area (Å²) >= 11 is 3.42. The van der Waals surface area contributed by atoms with Gasteiger partial charge in [0.15, 0.2) is 0 Å². The maximum atomic E-state index is 4.60. The van der Waals surface area contributed by atoms with Crippen LogP contribution in [0.2, 0.25) is 0 Å². The fourth-order valence-corrected chi connectivity index (χ4v) is 2.66. The first-order valence-corrected chi connectivity index (χ1v) is 6.68. The SMILES string of the molecule is Brc1nccc2[nH]c(-c3ccc4[nH]ccc4c3)nc12. The highest BCUT2D eigenvalue weighted by Crippen LogP contribution is 2.26. The minimum atomic E-state index is 0.759. The summed E-state index contributed by atoms with van der Waals surface area (Å²) in [6, 6.07) is 10.2. The quantitative estimate of drug-likeness (QED) is 0.524. The van der Waals surface area contributed by atoms with E-state index in [-0.39, 0.29) is 0 Å². The van der Waals surface area contributed by atoms with Crippen LogP contribution in [0.4, 0.5) is 0 Å². The summed E-state index contributed by atoms with van der Waals surface area (Å²) in [5.41, 5.74) is 4.02. The van der Waals surface area contributed by atoms with Gasteiger partial charge in [-0.3, -0.25) is 0 Å². The van der Waals surface area contributed by atoms with E-state index in [4.69, 9.17) is 0 Å². The second-order valence-electron chi connectivity index (χ2n) is 4.36. The molecule has 0 fully saturated rings. The third kappa shape index (κ3) is 1.66. The summed E-state index contributed by atoms with van der Waals surface area (Å²) in [6.07, 6.45) is 3.69. The summed E-state index contributed by atoms with van der Waals surface area (Å²) in [6.45, 7) is 0. The van der Waals surface area contributed by atoms with Crippen molar-refractivity contribution in [2.75, 3.05) is 0 Å². The van der Waals surface area contributed by atoms with Gasteiger partial charge >= 0.3 is 0 Å². The van der Waals surface area contributed by atoms with Crippen LogP contribution in [-0.4, -0.2) is 19.9 Å². The second kappa shape index (κ2) is 3.93. The van der Waals surface area contributed by atoms with Gasteiger partial charge in [-0.1, -0.05) is 0 Å². The molecule has 0 aliphatic carbocycles. The molecular weight excluding hydrogens is 304 g/mol. The Morgan fingerprint density at radius 2 is 2.00 bits per heavy atom. The maximum absolute atomic E-state index is 4.60. The highest BCUT2D eigenvalue weighted by Gasteiger charge is 2.08. The van der Waals surface area contributed by atoms with Crippen molar-refractivity contribution in [1.29, 1.82) is 0 Å². The number of halogens is 1. The lowest BCUT2D eigenvalue weighted by atomic mass is 10.1. The molecule has 0 amide bonds. The molecule has 4 aromatic rings. The molecule has 5 heteroatoms. The Hall–Kier alpha value is -2.14. The lowest BCUT2D eigenvalue weighted by Crippen LogP contribution is -1.80. The van der Waals surface area contributed by atoms with Crippen molar-refractivity contribution in [2.24, 2.45) is 0 Å². The molecule has 3 aromatic heterocycles. The first kappa shape index (κ1) is 10.8. The van der Waals surface area contributed by atoms with Crippen molar-refractivity contribution in [2.45, 2.75) is 0 Å². The summed E-state index contributed by atoms with van der Waals surface area (Å²) in [7, 11) is 0. The first-order chi connectivity index (χ1) is 9.31. The lowest BCUT2D eigenvalue weighted by Gasteiger charge is -1.96. The molecule has 0 unspecified atom stereocenters. The van der Waals surface area contributed by atoms with E-state index in [2.05, 4.69) is 60.1 Å². The zero-order chi connectivity index (χ0) is 12.8. The monoisotopic (exact) mass is 312 g/mol. The standard InChI is InChI=1S/C14H9BrN4/c15-13-12-11(4-6-17-13)18-14(19-12)9-1-2-10-8(7-9)3-5-16-10/h1-7,16H,(H,18,19). The molecule has 0 radical (unpaired) electrons. The zero-order valence-electron chi connectivity index (χ0n) is 9.81. The summed E-state index contributed by atoms with van der Waals surface area (Å²) in [4.78, 5) is 15.3. The Balaban J connectivity index is 1.95. The molecule has 19 heavy (non-hydrogen) atoms. The Morgan fingerprint density at radius 1 is 1.05 bits per heavy atom. The molecular formula is C14H9BrN4. The van der Waals surface area contributed by atoms with E-state index in [1.807, 2.05) is 12.3 Å². The van der Waals surface area contributed by atoms with E-state index in [1.165, 1.54) is 5.39 Å². The fourth-order valence-electron chi connectivity index (χ4n) is 2.24. The topological polar surface area (TPSA) is 57.4 Å². The van der Waals surface area contributed by atoms with Crippen molar-refractivity contribution >= 4 is 37.9 Å². The number of rotatable bonds is 1. The van der Waals surface area contributed by atoms with Gasteiger partial charge in [-0.2, -0.15) is 0 Å². The van der Waals surface area contributed by atoms with Gasteiger partial charge in [0.25, 0.3) is 0 Å². The molecule has 0 aliphatic heterocycles. The van der Waals surface area contributed by atoms with E-state index in [1.54, 1.807) is 6.20 Å². The Morgan fingerprint density at radius 3 is 2.89 bits per heavy atom. The molecule has 0 saturated carbocycles. The van der Waals surface area contributed by atoms with Gasteiger partial charge in [0.2, 0.25) is 0 Å². The molecule has 0 bridgehead atoms. The van der Waals surface area contributed by atoms with Gasteiger partial charge < -0.3 is 9.97 Å². The Kier molecular flexibility index (Phi) is 2.22. The molecule has 3 heterocycles. The molecule has 0 atom stereocenters. The molecule has 0 spiro atoms. The molecule has 0 saturated heterocycles. The first-order valence-electron chi connectivity index (χ1n) is 5.89. The number of H-pyrrole nitrogens is 2. The number of nitrogens with zero attached hydrogens (tertiary/aromatic N) is 2. The summed E-state index contributed by atoms with van der Waals surface area (Å²) in [5, 5.41) is 1.18. The third-order valence-electron chi connectivity index (χ3n) is 3.18. The van der Waals surface area contributed by atoms with Crippen LogP contribution < -0.4 is 0 Å². The average Bonchev–Trinajstić information content (AvgIpc) is 3.04. The number of benzene rings is 1. The number of hydrogen-bond donors (Lipinski definition) is 2.